The molecule has 10 heteroatoms. The number of nitrogens with zero attached hydrogens (tertiary/aromatic N) is 1. The molecule has 4 unspecified atom stereocenters. The van der Waals surface area contributed by atoms with Crippen LogP contribution in [0.5, 0.6) is 0 Å². The molecule has 0 spiro atoms. The van der Waals surface area contributed by atoms with Gasteiger partial charge in [-0.3, -0.25) is 28.8 Å². The molecule has 0 aromatic rings. The second-order valence-corrected chi connectivity index (χ2v) is 9.01. The first kappa shape index (κ1) is 23.9. The van der Waals surface area contributed by atoms with Crippen LogP contribution in [0.2, 0.25) is 0 Å². The van der Waals surface area contributed by atoms with Gasteiger partial charge in [0.2, 0.25) is 29.4 Å². The van der Waals surface area contributed by atoms with Crippen molar-refractivity contribution in [3.8, 4) is 0 Å². The third-order valence-electron chi connectivity index (χ3n) is 6.79. The molecular weight excluding hydrogens is 416 g/mol. The number of hydrogen-bond acceptors (Lipinski definition) is 6. The lowest BCUT2D eigenvalue weighted by molar-refractivity contribution is -0.143. The first-order chi connectivity index (χ1) is 15.3. The van der Waals surface area contributed by atoms with Gasteiger partial charge >= 0.3 is 0 Å². The van der Waals surface area contributed by atoms with Crippen molar-refractivity contribution >= 4 is 35.7 Å². The van der Waals surface area contributed by atoms with Gasteiger partial charge in [0.15, 0.2) is 6.29 Å². The van der Waals surface area contributed by atoms with E-state index < -0.39 is 35.7 Å². The SMILES string of the molecule is CC(=O)NC(C(=O)N1CCCC1C(=O)NC(CC1CCNC1=O)C(=O)C=O)C1CCCC1. The number of rotatable bonds is 9. The summed E-state index contributed by atoms with van der Waals surface area (Å²) in [6, 6.07) is -2.55. The normalized spacial score (nSPS) is 25.2. The van der Waals surface area contributed by atoms with Crippen molar-refractivity contribution in [1.82, 2.24) is 20.9 Å². The van der Waals surface area contributed by atoms with Crippen molar-refractivity contribution in [3.05, 3.63) is 0 Å². The molecule has 2 heterocycles. The molecule has 1 saturated carbocycles. The van der Waals surface area contributed by atoms with Crippen LogP contribution in [0.1, 0.15) is 58.3 Å². The zero-order valence-corrected chi connectivity index (χ0v) is 18.4. The molecule has 2 saturated heterocycles. The smallest absolute Gasteiger partial charge is 0.246 e. The average molecular weight is 449 g/mol. The summed E-state index contributed by atoms with van der Waals surface area (Å²) in [7, 11) is 0. The summed E-state index contributed by atoms with van der Waals surface area (Å²) in [6.45, 7) is 2.26. The van der Waals surface area contributed by atoms with Crippen molar-refractivity contribution in [2.24, 2.45) is 11.8 Å². The van der Waals surface area contributed by atoms with Crippen LogP contribution in [-0.4, -0.2) is 71.8 Å². The summed E-state index contributed by atoms with van der Waals surface area (Å²) < 4.78 is 0. The van der Waals surface area contributed by atoms with E-state index in [1.54, 1.807) is 0 Å². The van der Waals surface area contributed by atoms with Crippen molar-refractivity contribution in [2.75, 3.05) is 13.1 Å². The number of carbonyl (C=O) groups excluding carboxylic acids is 6. The fourth-order valence-corrected chi connectivity index (χ4v) is 5.12. The highest BCUT2D eigenvalue weighted by molar-refractivity contribution is 6.28. The Bertz CT molecular complexity index is 778. The minimum Gasteiger partial charge on any atom is -0.356 e. The Morgan fingerprint density at radius 3 is 2.41 bits per heavy atom. The van der Waals surface area contributed by atoms with E-state index in [0.29, 0.717) is 32.4 Å². The molecule has 0 radical (unpaired) electrons. The van der Waals surface area contributed by atoms with E-state index in [4.69, 9.17) is 0 Å². The molecule has 3 aliphatic rings. The number of amides is 4. The lowest BCUT2D eigenvalue weighted by Gasteiger charge is -2.32. The predicted molar refractivity (Wildman–Crippen MR) is 113 cm³/mol. The first-order valence-electron chi connectivity index (χ1n) is 11.5. The average Bonchev–Trinajstić information content (AvgIpc) is 3.52. The van der Waals surface area contributed by atoms with Crippen molar-refractivity contribution in [3.63, 3.8) is 0 Å². The van der Waals surface area contributed by atoms with Crippen LogP contribution in [0.4, 0.5) is 0 Å². The van der Waals surface area contributed by atoms with Crippen molar-refractivity contribution in [2.45, 2.75) is 76.4 Å². The molecule has 10 nitrogen and oxygen atoms in total. The minimum atomic E-state index is -1.10. The first-order valence-corrected chi connectivity index (χ1v) is 11.5. The highest BCUT2D eigenvalue weighted by Crippen LogP contribution is 2.30. The van der Waals surface area contributed by atoms with Crippen molar-refractivity contribution in [1.29, 1.82) is 0 Å². The molecule has 32 heavy (non-hydrogen) atoms. The van der Waals surface area contributed by atoms with E-state index in [1.165, 1.54) is 11.8 Å². The van der Waals surface area contributed by atoms with E-state index in [-0.39, 0.29) is 36.3 Å². The van der Waals surface area contributed by atoms with Gasteiger partial charge in [0.25, 0.3) is 0 Å². The fourth-order valence-electron chi connectivity index (χ4n) is 5.12. The van der Waals surface area contributed by atoms with Gasteiger partial charge in [0.05, 0.1) is 6.04 Å². The predicted octanol–water partition coefficient (Wildman–Crippen LogP) is -0.549. The Labute approximate surface area is 187 Å². The molecule has 3 fully saturated rings. The fraction of sp³-hybridized carbons (Fsp3) is 0.727. The van der Waals surface area contributed by atoms with E-state index in [2.05, 4.69) is 16.0 Å². The molecule has 2 aliphatic heterocycles. The summed E-state index contributed by atoms with van der Waals surface area (Å²) in [6.07, 6.45) is 5.49. The summed E-state index contributed by atoms with van der Waals surface area (Å²) in [4.78, 5) is 74.7. The third-order valence-corrected chi connectivity index (χ3v) is 6.79. The molecule has 3 N–H and O–H groups in total. The quantitative estimate of drug-likeness (QED) is 0.319. The van der Waals surface area contributed by atoms with Gasteiger partial charge in [-0.1, -0.05) is 12.8 Å². The Balaban J connectivity index is 1.70. The summed E-state index contributed by atoms with van der Waals surface area (Å²) in [5.74, 6) is -2.48. The minimum absolute atomic E-state index is 0.0426. The van der Waals surface area contributed by atoms with Gasteiger partial charge < -0.3 is 20.9 Å². The van der Waals surface area contributed by atoms with E-state index >= 15 is 0 Å². The molecule has 0 bridgehead atoms. The largest absolute Gasteiger partial charge is 0.356 e. The standard InChI is InChI=1S/C22H32N4O6/c1-13(28)24-19(14-5-2-3-6-14)22(32)26-10-4-7-17(26)21(31)25-16(18(29)12-27)11-15-8-9-23-20(15)30/h12,14-17,19H,2-11H2,1H3,(H,23,30)(H,24,28)(H,25,31). The van der Waals surface area contributed by atoms with Crippen LogP contribution in [0.3, 0.4) is 0 Å². The van der Waals surface area contributed by atoms with Crippen LogP contribution in [0.15, 0.2) is 0 Å². The highest BCUT2D eigenvalue weighted by Gasteiger charge is 2.42. The number of hydrogen-bond donors (Lipinski definition) is 3. The number of ketones is 1. The van der Waals surface area contributed by atoms with Gasteiger partial charge in [0.1, 0.15) is 12.1 Å². The molecule has 0 aromatic heterocycles. The monoisotopic (exact) mass is 448 g/mol. The Morgan fingerprint density at radius 1 is 1.09 bits per heavy atom. The van der Waals surface area contributed by atoms with Crippen molar-refractivity contribution < 1.29 is 28.8 Å². The maximum Gasteiger partial charge on any atom is 0.246 e. The Morgan fingerprint density at radius 2 is 1.81 bits per heavy atom. The Hall–Kier alpha value is -2.78. The molecule has 176 valence electrons. The molecule has 0 aromatic carbocycles. The van der Waals surface area contributed by atoms with Gasteiger partial charge in [-0.15, -0.1) is 0 Å². The van der Waals surface area contributed by atoms with Crippen LogP contribution in [-0.2, 0) is 28.8 Å². The zero-order valence-electron chi connectivity index (χ0n) is 18.4. The molecule has 4 atom stereocenters. The number of nitrogens with one attached hydrogen (secondary N) is 3. The van der Waals surface area contributed by atoms with E-state index in [1.807, 2.05) is 0 Å². The second-order valence-electron chi connectivity index (χ2n) is 9.01. The van der Waals surface area contributed by atoms with Crippen LogP contribution >= 0.6 is 0 Å². The molecule has 3 rings (SSSR count). The summed E-state index contributed by atoms with van der Waals surface area (Å²) in [5.41, 5.74) is 0. The summed E-state index contributed by atoms with van der Waals surface area (Å²) in [5, 5.41) is 8.06. The summed E-state index contributed by atoms with van der Waals surface area (Å²) >= 11 is 0. The zero-order chi connectivity index (χ0) is 23.3. The molecule has 1 aliphatic carbocycles. The molecular formula is C22H32N4O6. The van der Waals surface area contributed by atoms with Gasteiger partial charge in [0, 0.05) is 25.9 Å². The maximum absolute atomic E-state index is 13.3. The Kier molecular flexibility index (Phi) is 7.98. The number of carbonyl (C=O) groups is 6. The number of Topliss-reactive ketones (excluding diaryl/α,β-unsaturated/α-hetero) is 1. The van der Waals surface area contributed by atoms with Gasteiger partial charge in [-0.2, -0.15) is 0 Å². The third kappa shape index (κ3) is 5.52. The second kappa shape index (κ2) is 10.7. The lowest BCUT2D eigenvalue weighted by atomic mass is 9.95. The molecule has 4 amide bonds. The topological polar surface area (TPSA) is 142 Å². The lowest BCUT2D eigenvalue weighted by Crippen LogP contribution is -2.57. The van der Waals surface area contributed by atoms with Gasteiger partial charge in [-0.25, -0.2) is 0 Å². The van der Waals surface area contributed by atoms with E-state index in [9.17, 15) is 28.8 Å². The number of aldehydes is 1. The highest BCUT2D eigenvalue weighted by atomic mass is 16.2. The van der Waals surface area contributed by atoms with E-state index in [0.717, 1.165) is 25.7 Å². The van der Waals surface area contributed by atoms with Crippen LogP contribution in [0, 0.1) is 11.8 Å². The van der Waals surface area contributed by atoms with Crippen LogP contribution < -0.4 is 16.0 Å². The maximum atomic E-state index is 13.3. The van der Waals surface area contributed by atoms with Gasteiger partial charge in [-0.05, 0) is 44.4 Å². The van der Waals surface area contributed by atoms with Crippen LogP contribution in [0.25, 0.3) is 0 Å². The number of likely N-dealkylation sites (tertiary alicyclic amines) is 1.